The maximum absolute atomic E-state index is 13.4. The fraction of sp³-hybridized carbons (Fsp3) is 0.500. The van der Waals surface area contributed by atoms with E-state index >= 15 is 0 Å². The Hall–Kier alpha value is -1.66. The van der Waals surface area contributed by atoms with Gasteiger partial charge in [0.2, 0.25) is 0 Å². The van der Waals surface area contributed by atoms with Gasteiger partial charge in [-0.1, -0.05) is 0 Å². The lowest BCUT2D eigenvalue weighted by Crippen LogP contribution is -2.43. The Bertz CT molecular complexity index is 475. The van der Waals surface area contributed by atoms with E-state index in [4.69, 9.17) is 10.5 Å². The molecule has 1 fully saturated rings. The molecule has 110 valence electrons. The van der Waals surface area contributed by atoms with Crippen molar-refractivity contribution in [2.45, 2.75) is 25.4 Å². The van der Waals surface area contributed by atoms with E-state index in [1.807, 2.05) is 6.92 Å². The predicted octanol–water partition coefficient (Wildman–Crippen LogP) is 1.10. The number of ether oxygens (including phenoxy) is 1. The Kier molecular flexibility index (Phi) is 4.92. The zero-order valence-electron chi connectivity index (χ0n) is 11.5. The van der Waals surface area contributed by atoms with Crippen molar-refractivity contribution in [3.8, 4) is 0 Å². The van der Waals surface area contributed by atoms with E-state index in [0.717, 1.165) is 19.6 Å². The highest BCUT2D eigenvalue weighted by atomic mass is 19.1. The molecule has 1 amide bonds. The van der Waals surface area contributed by atoms with Gasteiger partial charge in [0.05, 0.1) is 18.8 Å². The second kappa shape index (κ2) is 6.67. The fourth-order valence-corrected chi connectivity index (χ4v) is 2.35. The molecule has 2 unspecified atom stereocenters. The summed E-state index contributed by atoms with van der Waals surface area (Å²) in [5.41, 5.74) is 5.72. The molecule has 1 aromatic carbocycles. The molecule has 1 aliphatic rings. The summed E-state index contributed by atoms with van der Waals surface area (Å²) in [5, 5.41) is 6.62. The first kappa shape index (κ1) is 14.7. The summed E-state index contributed by atoms with van der Waals surface area (Å²) in [5.74, 6) is -1.36. The molecule has 1 heterocycles. The topological polar surface area (TPSA) is 76.4 Å². The van der Waals surface area contributed by atoms with Crippen molar-refractivity contribution in [3.63, 3.8) is 0 Å². The third-order valence-corrected chi connectivity index (χ3v) is 3.28. The monoisotopic (exact) mass is 281 g/mol. The molecule has 0 radical (unpaired) electrons. The average molecular weight is 281 g/mol. The molecule has 4 N–H and O–H groups in total. The largest absolute Gasteiger partial charge is 0.383 e. The van der Waals surface area contributed by atoms with Gasteiger partial charge in [-0.05, 0) is 31.5 Å². The number of nitrogens with two attached hydrogens (primary N) is 1. The van der Waals surface area contributed by atoms with Crippen LogP contribution in [0.2, 0.25) is 0 Å². The molecule has 6 heteroatoms. The van der Waals surface area contributed by atoms with Crippen molar-refractivity contribution in [2.75, 3.05) is 25.1 Å². The van der Waals surface area contributed by atoms with Gasteiger partial charge in [0.25, 0.3) is 5.91 Å². The van der Waals surface area contributed by atoms with E-state index in [0.29, 0.717) is 18.3 Å². The van der Waals surface area contributed by atoms with Crippen molar-refractivity contribution >= 4 is 11.6 Å². The average Bonchev–Trinajstić information content (AvgIpc) is 2.41. The van der Waals surface area contributed by atoms with Gasteiger partial charge in [0.15, 0.2) is 0 Å². The van der Waals surface area contributed by atoms with Gasteiger partial charge in [0, 0.05) is 24.3 Å². The van der Waals surface area contributed by atoms with E-state index in [9.17, 15) is 9.18 Å². The minimum absolute atomic E-state index is 0.0960. The molecule has 20 heavy (non-hydrogen) atoms. The molecule has 1 aliphatic heterocycles. The lowest BCUT2D eigenvalue weighted by Gasteiger charge is -2.27. The van der Waals surface area contributed by atoms with Crippen LogP contribution < -0.4 is 16.4 Å². The zero-order valence-corrected chi connectivity index (χ0v) is 11.5. The smallest absolute Gasteiger partial charge is 0.251 e. The number of benzene rings is 1. The lowest BCUT2D eigenvalue weighted by atomic mass is 10.1. The number of halogens is 1. The van der Waals surface area contributed by atoms with Crippen molar-refractivity contribution in [2.24, 2.45) is 5.73 Å². The standard InChI is InChI=1S/C14H20FN3O2/c1-9(6-11-8-20-5-4-17-11)18-10-2-3-13(15)12(7-10)14(16)19/h2-3,7,9,11,17-18H,4-6,8H2,1H3,(H2,16,19). The highest BCUT2D eigenvalue weighted by Crippen LogP contribution is 2.16. The summed E-state index contributed by atoms with van der Waals surface area (Å²) in [6.07, 6.45) is 0.878. The first-order valence-corrected chi connectivity index (χ1v) is 6.73. The second-order valence-corrected chi connectivity index (χ2v) is 5.07. The van der Waals surface area contributed by atoms with Crippen LogP contribution in [0.5, 0.6) is 0 Å². The molecule has 1 saturated heterocycles. The highest BCUT2D eigenvalue weighted by Gasteiger charge is 2.17. The summed E-state index contributed by atoms with van der Waals surface area (Å²) < 4.78 is 18.8. The van der Waals surface area contributed by atoms with Crippen LogP contribution in [0.3, 0.4) is 0 Å². The number of morpholine rings is 1. The Morgan fingerprint density at radius 3 is 3.10 bits per heavy atom. The lowest BCUT2D eigenvalue weighted by molar-refractivity contribution is 0.0731. The number of primary amides is 1. The number of carbonyl (C=O) groups is 1. The number of hydrogen-bond acceptors (Lipinski definition) is 4. The third kappa shape index (κ3) is 3.91. The molecule has 2 atom stereocenters. The SMILES string of the molecule is CC(CC1COCCN1)Nc1ccc(F)c(C(N)=O)c1. The van der Waals surface area contributed by atoms with E-state index in [2.05, 4.69) is 10.6 Å². The summed E-state index contributed by atoms with van der Waals surface area (Å²) >= 11 is 0. The van der Waals surface area contributed by atoms with Gasteiger partial charge in [-0.25, -0.2) is 4.39 Å². The maximum atomic E-state index is 13.4. The van der Waals surface area contributed by atoms with E-state index in [1.165, 1.54) is 12.1 Å². The van der Waals surface area contributed by atoms with Crippen LogP contribution in [0.25, 0.3) is 0 Å². The van der Waals surface area contributed by atoms with Crippen molar-refractivity contribution in [3.05, 3.63) is 29.6 Å². The molecule has 0 saturated carbocycles. The molecule has 0 spiro atoms. The number of amides is 1. The third-order valence-electron chi connectivity index (χ3n) is 3.28. The minimum atomic E-state index is -0.763. The summed E-state index contributed by atoms with van der Waals surface area (Å²) in [6.45, 7) is 4.34. The maximum Gasteiger partial charge on any atom is 0.251 e. The quantitative estimate of drug-likeness (QED) is 0.755. The Morgan fingerprint density at radius 2 is 2.45 bits per heavy atom. The van der Waals surface area contributed by atoms with Crippen LogP contribution in [0.15, 0.2) is 18.2 Å². The van der Waals surface area contributed by atoms with E-state index < -0.39 is 11.7 Å². The minimum Gasteiger partial charge on any atom is -0.383 e. The number of hydrogen-bond donors (Lipinski definition) is 3. The van der Waals surface area contributed by atoms with Gasteiger partial charge in [-0.15, -0.1) is 0 Å². The highest BCUT2D eigenvalue weighted by molar-refractivity contribution is 5.94. The number of carbonyl (C=O) groups excluding carboxylic acids is 1. The molecule has 0 bridgehead atoms. The first-order valence-electron chi connectivity index (χ1n) is 6.73. The number of nitrogens with one attached hydrogen (secondary N) is 2. The molecular weight excluding hydrogens is 261 g/mol. The van der Waals surface area contributed by atoms with Crippen molar-refractivity contribution in [1.82, 2.24) is 5.32 Å². The van der Waals surface area contributed by atoms with Crippen LogP contribution in [0.4, 0.5) is 10.1 Å². The van der Waals surface area contributed by atoms with Gasteiger partial charge >= 0.3 is 0 Å². The molecule has 2 rings (SSSR count). The van der Waals surface area contributed by atoms with Gasteiger partial charge in [-0.3, -0.25) is 4.79 Å². The Morgan fingerprint density at radius 1 is 1.65 bits per heavy atom. The number of anilines is 1. The molecule has 0 aromatic heterocycles. The predicted molar refractivity (Wildman–Crippen MR) is 75.2 cm³/mol. The second-order valence-electron chi connectivity index (χ2n) is 5.07. The van der Waals surface area contributed by atoms with Crippen LogP contribution in [0.1, 0.15) is 23.7 Å². The van der Waals surface area contributed by atoms with E-state index in [-0.39, 0.29) is 11.6 Å². The summed E-state index contributed by atoms with van der Waals surface area (Å²) in [6, 6.07) is 4.77. The summed E-state index contributed by atoms with van der Waals surface area (Å²) in [7, 11) is 0. The zero-order chi connectivity index (χ0) is 14.5. The van der Waals surface area contributed by atoms with Crippen molar-refractivity contribution in [1.29, 1.82) is 0 Å². The first-order chi connectivity index (χ1) is 9.56. The fourth-order valence-electron chi connectivity index (χ4n) is 2.35. The Labute approximate surface area is 117 Å². The normalized spacial score (nSPS) is 20.4. The van der Waals surface area contributed by atoms with Crippen LogP contribution >= 0.6 is 0 Å². The molecule has 5 nitrogen and oxygen atoms in total. The van der Waals surface area contributed by atoms with Crippen LogP contribution in [-0.2, 0) is 4.74 Å². The molecule has 1 aromatic rings. The van der Waals surface area contributed by atoms with Gasteiger partial charge in [0.1, 0.15) is 5.82 Å². The van der Waals surface area contributed by atoms with Gasteiger partial charge < -0.3 is 21.1 Å². The van der Waals surface area contributed by atoms with E-state index in [1.54, 1.807) is 6.07 Å². The molecular formula is C14H20FN3O2. The van der Waals surface area contributed by atoms with Gasteiger partial charge in [-0.2, -0.15) is 0 Å². The van der Waals surface area contributed by atoms with Crippen LogP contribution in [0, 0.1) is 5.82 Å². The van der Waals surface area contributed by atoms with Crippen LogP contribution in [-0.4, -0.2) is 37.7 Å². The summed E-state index contributed by atoms with van der Waals surface area (Å²) in [4.78, 5) is 11.1. The number of rotatable bonds is 5. The molecule has 0 aliphatic carbocycles. The Balaban J connectivity index is 1.95. The van der Waals surface area contributed by atoms with Crippen molar-refractivity contribution < 1.29 is 13.9 Å².